The molecular weight excluding hydrogens is 744 g/mol. The number of aliphatic hydroxyl groups excluding tert-OH is 1. The maximum Gasteiger partial charge on any atom is 0.268 e. The quantitative estimate of drug-likeness (QED) is 0.0276. The van der Waals surface area contributed by atoms with E-state index >= 15 is 0 Å². The molecule has 2 N–H and O–H groups in total. The first-order chi connectivity index (χ1) is 28.0. The lowest BCUT2D eigenvalue weighted by molar-refractivity contribution is -0.870. The van der Waals surface area contributed by atoms with Crippen LogP contribution in [0.15, 0.2) is 85.1 Å². The molecule has 0 aromatic heterocycles. The molecule has 0 aromatic rings. The molecular formula is C49H87N2O6P. The van der Waals surface area contributed by atoms with E-state index in [4.69, 9.17) is 9.05 Å². The van der Waals surface area contributed by atoms with Crippen LogP contribution in [-0.4, -0.2) is 68.5 Å². The Kier molecular flexibility index (Phi) is 38.5. The molecule has 0 saturated carbocycles. The molecule has 0 aliphatic carbocycles. The number of rotatable bonds is 40. The van der Waals surface area contributed by atoms with Crippen LogP contribution in [0.4, 0.5) is 0 Å². The van der Waals surface area contributed by atoms with Gasteiger partial charge in [-0.05, 0) is 70.6 Å². The van der Waals surface area contributed by atoms with Crippen LogP contribution in [0.2, 0.25) is 0 Å². The van der Waals surface area contributed by atoms with E-state index in [2.05, 4.69) is 104 Å². The van der Waals surface area contributed by atoms with Crippen LogP contribution in [0.1, 0.15) is 168 Å². The van der Waals surface area contributed by atoms with E-state index < -0.39 is 20.0 Å². The molecule has 3 atom stereocenters. The number of aliphatic hydroxyl groups is 1. The lowest BCUT2D eigenvalue weighted by Crippen LogP contribution is -2.46. The molecule has 0 radical (unpaired) electrons. The van der Waals surface area contributed by atoms with Crippen molar-refractivity contribution in [3.05, 3.63) is 85.1 Å². The molecule has 3 unspecified atom stereocenters. The maximum atomic E-state index is 12.8. The molecule has 0 bridgehead atoms. The first-order valence-electron chi connectivity index (χ1n) is 22.9. The second kappa shape index (κ2) is 40.1. The van der Waals surface area contributed by atoms with Crippen molar-refractivity contribution in [2.75, 3.05) is 40.9 Å². The van der Waals surface area contributed by atoms with Crippen LogP contribution in [0.3, 0.4) is 0 Å². The average Bonchev–Trinajstić information content (AvgIpc) is 3.17. The summed E-state index contributed by atoms with van der Waals surface area (Å²) < 4.78 is 23.1. The van der Waals surface area contributed by atoms with Gasteiger partial charge in [0.05, 0.1) is 39.9 Å². The molecule has 0 heterocycles. The monoisotopic (exact) mass is 831 g/mol. The number of allylic oxidation sites excluding steroid dienone is 14. The Morgan fingerprint density at radius 2 is 1.05 bits per heavy atom. The summed E-state index contributed by atoms with van der Waals surface area (Å²) >= 11 is 0. The Hall–Kier alpha value is -2.32. The Labute approximate surface area is 356 Å². The SMILES string of the molecule is CC/C=C\C/C=C\C/C=C\C/C=C\C/C=C\C/C=C\C/C=C\CCCCCCCCCCCC(=O)NC(COP(=O)([O-])OCC[N+](C)(C)C)C(O)CCCCCCC. The predicted molar refractivity (Wildman–Crippen MR) is 246 cm³/mol. The van der Waals surface area contributed by atoms with Gasteiger partial charge in [0.1, 0.15) is 13.2 Å². The van der Waals surface area contributed by atoms with Gasteiger partial charge in [-0.3, -0.25) is 9.36 Å². The van der Waals surface area contributed by atoms with Crippen molar-refractivity contribution in [2.24, 2.45) is 0 Å². The largest absolute Gasteiger partial charge is 0.756 e. The van der Waals surface area contributed by atoms with E-state index in [9.17, 15) is 19.4 Å². The van der Waals surface area contributed by atoms with Crippen molar-refractivity contribution < 1.29 is 32.9 Å². The fourth-order valence-corrected chi connectivity index (χ4v) is 6.74. The fraction of sp³-hybridized carbons (Fsp3) is 0.694. The van der Waals surface area contributed by atoms with Crippen molar-refractivity contribution in [3.63, 3.8) is 0 Å². The molecule has 0 spiro atoms. The smallest absolute Gasteiger partial charge is 0.268 e. The van der Waals surface area contributed by atoms with Crippen LogP contribution in [0.25, 0.3) is 0 Å². The van der Waals surface area contributed by atoms with E-state index in [1.54, 1.807) is 0 Å². The first kappa shape index (κ1) is 55.7. The summed E-state index contributed by atoms with van der Waals surface area (Å²) in [6.45, 7) is 4.48. The number of phosphoric ester groups is 1. The summed E-state index contributed by atoms with van der Waals surface area (Å²) in [5, 5.41) is 13.7. The number of likely N-dealkylation sites (N-methyl/N-ethyl adjacent to an activating group) is 1. The Morgan fingerprint density at radius 1 is 0.621 bits per heavy atom. The minimum absolute atomic E-state index is 0.00568. The highest BCUT2D eigenvalue weighted by atomic mass is 31.2. The van der Waals surface area contributed by atoms with Gasteiger partial charge in [-0.2, -0.15) is 0 Å². The molecule has 0 aromatic carbocycles. The highest BCUT2D eigenvalue weighted by Gasteiger charge is 2.24. The fourth-order valence-electron chi connectivity index (χ4n) is 6.02. The summed E-state index contributed by atoms with van der Waals surface area (Å²) in [6.07, 6.45) is 55.0. The molecule has 58 heavy (non-hydrogen) atoms. The molecule has 0 saturated heterocycles. The van der Waals surface area contributed by atoms with Gasteiger partial charge in [-0.25, -0.2) is 0 Å². The molecule has 0 aliphatic rings. The van der Waals surface area contributed by atoms with E-state index in [0.717, 1.165) is 103 Å². The summed E-state index contributed by atoms with van der Waals surface area (Å²) in [4.78, 5) is 25.1. The molecule has 0 aliphatic heterocycles. The number of hydrogen-bond donors (Lipinski definition) is 2. The third-order valence-electron chi connectivity index (χ3n) is 9.65. The summed E-state index contributed by atoms with van der Waals surface area (Å²) in [7, 11) is 1.28. The number of phosphoric acid groups is 1. The van der Waals surface area contributed by atoms with Crippen molar-refractivity contribution in [1.29, 1.82) is 0 Å². The number of carbonyl (C=O) groups is 1. The van der Waals surface area contributed by atoms with Crippen LogP contribution in [-0.2, 0) is 18.4 Å². The number of amides is 1. The third kappa shape index (κ3) is 41.8. The Morgan fingerprint density at radius 3 is 1.53 bits per heavy atom. The standard InChI is InChI=1S/C49H87N2O6P/c1-6-8-10-12-13-14-15-16-17-18-19-20-21-22-23-24-25-26-27-28-29-30-31-32-33-34-35-36-37-39-41-43-49(53)50-47(48(52)42-40-38-11-9-7-2)46-57-58(54,55)56-45-44-51(3,4)5/h8,10,13-14,16-17,19-20,22-23,25-26,28-29,47-48,52H,6-7,9,11-12,15,18,21,24,27,30-46H2,1-5H3,(H-,50,53,54,55)/b10-8-,14-13-,17-16-,20-19-,23-22-,26-25-,29-28-. The minimum Gasteiger partial charge on any atom is -0.756 e. The van der Waals surface area contributed by atoms with Gasteiger partial charge in [0.15, 0.2) is 0 Å². The average molecular weight is 831 g/mol. The lowest BCUT2D eigenvalue weighted by Gasteiger charge is -2.30. The summed E-state index contributed by atoms with van der Waals surface area (Å²) in [5.74, 6) is -0.184. The van der Waals surface area contributed by atoms with Crippen LogP contribution >= 0.6 is 7.82 Å². The van der Waals surface area contributed by atoms with Gasteiger partial charge in [-0.15, -0.1) is 0 Å². The zero-order valence-electron chi connectivity index (χ0n) is 37.7. The molecule has 1 amide bonds. The molecule has 9 heteroatoms. The Bertz CT molecular complexity index is 1220. The van der Waals surface area contributed by atoms with Gasteiger partial charge >= 0.3 is 0 Å². The summed E-state index contributed by atoms with van der Waals surface area (Å²) in [6, 6.07) is -0.805. The van der Waals surface area contributed by atoms with Gasteiger partial charge in [0, 0.05) is 6.42 Å². The van der Waals surface area contributed by atoms with Crippen molar-refractivity contribution in [2.45, 2.75) is 180 Å². The molecule has 8 nitrogen and oxygen atoms in total. The van der Waals surface area contributed by atoms with Crippen LogP contribution in [0, 0.1) is 0 Å². The molecule has 0 fully saturated rings. The zero-order chi connectivity index (χ0) is 42.8. The number of hydrogen-bond acceptors (Lipinski definition) is 6. The van der Waals surface area contributed by atoms with Gasteiger partial charge in [0.2, 0.25) is 5.91 Å². The highest BCUT2D eigenvalue weighted by Crippen LogP contribution is 2.38. The van der Waals surface area contributed by atoms with Gasteiger partial charge in [0.25, 0.3) is 7.82 Å². The van der Waals surface area contributed by atoms with E-state index in [-0.39, 0.29) is 19.1 Å². The topological polar surface area (TPSA) is 108 Å². The third-order valence-corrected chi connectivity index (χ3v) is 10.6. The second-order valence-electron chi connectivity index (χ2n) is 16.4. The normalized spacial score (nSPS) is 15.1. The van der Waals surface area contributed by atoms with Crippen molar-refractivity contribution in [1.82, 2.24) is 5.32 Å². The Balaban J connectivity index is 4.01. The maximum absolute atomic E-state index is 12.8. The second-order valence-corrected chi connectivity index (χ2v) is 17.8. The van der Waals surface area contributed by atoms with E-state index in [1.807, 2.05) is 21.1 Å². The molecule has 0 rings (SSSR count). The number of quaternary nitrogens is 1. The number of carbonyl (C=O) groups excluding carboxylic acids is 1. The molecule has 334 valence electrons. The predicted octanol–water partition coefficient (Wildman–Crippen LogP) is 12.3. The van der Waals surface area contributed by atoms with Crippen molar-refractivity contribution in [3.8, 4) is 0 Å². The summed E-state index contributed by atoms with van der Waals surface area (Å²) in [5.41, 5.74) is 0. The highest BCUT2D eigenvalue weighted by molar-refractivity contribution is 7.45. The van der Waals surface area contributed by atoms with Gasteiger partial charge < -0.3 is 28.8 Å². The van der Waals surface area contributed by atoms with Gasteiger partial charge in [-0.1, -0.05) is 176 Å². The number of nitrogens with one attached hydrogen (secondary N) is 1. The first-order valence-corrected chi connectivity index (χ1v) is 24.4. The van der Waals surface area contributed by atoms with Crippen LogP contribution < -0.4 is 10.2 Å². The number of nitrogens with zero attached hydrogens (tertiary/aromatic N) is 1. The van der Waals surface area contributed by atoms with Crippen molar-refractivity contribution >= 4 is 13.7 Å². The lowest BCUT2D eigenvalue weighted by atomic mass is 10.0. The minimum atomic E-state index is -4.55. The number of unbranched alkanes of at least 4 members (excludes halogenated alkanes) is 13. The van der Waals surface area contributed by atoms with E-state index in [1.165, 1.54) is 38.5 Å². The van der Waals surface area contributed by atoms with E-state index in [0.29, 0.717) is 23.9 Å². The zero-order valence-corrected chi connectivity index (χ0v) is 38.6. The van der Waals surface area contributed by atoms with Crippen LogP contribution in [0.5, 0.6) is 0 Å².